The summed E-state index contributed by atoms with van der Waals surface area (Å²) in [5.74, 6) is -0.898. The molecular formula is C13H20FN3O. The number of anilines is 1. The fraction of sp³-hybridized carbons (Fsp3) is 0.462. The lowest BCUT2D eigenvalue weighted by Gasteiger charge is -2.18. The Kier molecular flexibility index (Phi) is 5.58. The molecule has 1 aromatic carbocycles. The summed E-state index contributed by atoms with van der Waals surface area (Å²) in [5, 5.41) is 2.74. The summed E-state index contributed by atoms with van der Waals surface area (Å²) in [5.41, 5.74) is 5.61. The van der Waals surface area contributed by atoms with Gasteiger partial charge in [0.05, 0.1) is 11.3 Å². The zero-order valence-corrected chi connectivity index (χ0v) is 10.9. The fourth-order valence-electron chi connectivity index (χ4n) is 1.70. The number of carbonyl (C=O) groups is 1. The van der Waals surface area contributed by atoms with Crippen molar-refractivity contribution in [2.75, 3.05) is 31.9 Å². The zero-order chi connectivity index (χ0) is 13.5. The van der Waals surface area contributed by atoms with Crippen LogP contribution in [-0.4, -0.2) is 37.0 Å². The Morgan fingerprint density at radius 2 is 2.06 bits per heavy atom. The van der Waals surface area contributed by atoms with Crippen molar-refractivity contribution in [3.8, 4) is 0 Å². The number of nitrogens with zero attached hydrogens (tertiary/aromatic N) is 1. The third kappa shape index (κ3) is 3.70. The first-order valence-corrected chi connectivity index (χ1v) is 6.14. The number of hydrogen-bond donors (Lipinski definition) is 2. The van der Waals surface area contributed by atoms with Gasteiger partial charge in [0.25, 0.3) is 5.91 Å². The maximum absolute atomic E-state index is 13.2. The highest BCUT2D eigenvalue weighted by Crippen LogP contribution is 2.15. The van der Waals surface area contributed by atoms with Gasteiger partial charge >= 0.3 is 0 Å². The van der Waals surface area contributed by atoms with E-state index in [0.717, 1.165) is 19.6 Å². The minimum atomic E-state index is -0.564. The van der Waals surface area contributed by atoms with E-state index < -0.39 is 5.82 Å². The Balaban J connectivity index is 2.53. The van der Waals surface area contributed by atoms with E-state index in [1.165, 1.54) is 18.2 Å². The highest BCUT2D eigenvalue weighted by molar-refractivity contribution is 5.99. The molecule has 0 atom stereocenters. The van der Waals surface area contributed by atoms with Crippen molar-refractivity contribution < 1.29 is 9.18 Å². The first-order valence-electron chi connectivity index (χ1n) is 6.14. The summed E-state index contributed by atoms with van der Waals surface area (Å²) in [6, 6.07) is 4.23. The number of rotatable bonds is 6. The molecular weight excluding hydrogens is 233 g/mol. The number of likely N-dealkylation sites (N-methyl/N-ethyl adjacent to an activating group) is 1. The molecule has 0 aliphatic carbocycles. The van der Waals surface area contributed by atoms with Crippen LogP contribution in [0.25, 0.3) is 0 Å². The topological polar surface area (TPSA) is 58.4 Å². The first kappa shape index (κ1) is 14.4. The predicted octanol–water partition coefficient (Wildman–Crippen LogP) is 1.48. The average molecular weight is 253 g/mol. The van der Waals surface area contributed by atoms with E-state index >= 15 is 0 Å². The summed E-state index contributed by atoms with van der Waals surface area (Å²) >= 11 is 0. The molecule has 0 unspecified atom stereocenters. The molecule has 0 spiro atoms. The summed E-state index contributed by atoms with van der Waals surface area (Å²) < 4.78 is 13.2. The molecule has 1 rings (SSSR count). The Morgan fingerprint density at radius 3 is 2.67 bits per heavy atom. The van der Waals surface area contributed by atoms with E-state index in [4.69, 9.17) is 5.73 Å². The van der Waals surface area contributed by atoms with E-state index in [0.29, 0.717) is 6.54 Å². The number of para-hydroxylation sites is 1. The number of nitrogens with one attached hydrogen (secondary N) is 1. The van der Waals surface area contributed by atoms with Crippen molar-refractivity contribution in [3.05, 3.63) is 29.6 Å². The van der Waals surface area contributed by atoms with Gasteiger partial charge in [0.1, 0.15) is 5.82 Å². The van der Waals surface area contributed by atoms with Crippen LogP contribution in [0.4, 0.5) is 10.1 Å². The molecule has 5 heteroatoms. The van der Waals surface area contributed by atoms with E-state index in [2.05, 4.69) is 24.1 Å². The minimum absolute atomic E-state index is 0.0992. The van der Waals surface area contributed by atoms with E-state index in [9.17, 15) is 9.18 Å². The molecule has 0 heterocycles. The zero-order valence-electron chi connectivity index (χ0n) is 10.9. The van der Waals surface area contributed by atoms with Gasteiger partial charge in [-0.25, -0.2) is 4.39 Å². The van der Waals surface area contributed by atoms with Gasteiger partial charge in [-0.05, 0) is 25.2 Å². The van der Waals surface area contributed by atoms with Crippen LogP contribution < -0.4 is 11.1 Å². The van der Waals surface area contributed by atoms with Crippen LogP contribution in [-0.2, 0) is 0 Å². The van der Waals surface area contributed by atoms with Crippen molar-refractivity contribution >= 4 is 11.6 Å². The lowest BCUT2D eigenvalue weighted by molar-refractivity contribution is 0.0949. The van der Waals surface area contributed by atoms with Gasteiger partial charge in [-0.2, -0.15) is 0 Å². The van der Waals surface area contributed by atoms with Crippen molar-refractivity contribution in [1.82, 2.24) is 10.2 Å². The molecule has 0 fully saturated rings. The number of amides is 1. The molecule has 0 bridgehead atoms. The minimum Gasteiger partial charge on any atom is -0.396 e. The van der Waals surface area contributed by atoms with E-state index in [-0.39, 0.29) is 17.2 Å². The van der Waals surface area contributed by atoms with Crippen LogP contribution >= 0.6 is 0 Å². The number of carbonyl (C=O) groups excluding carboxylic acids is 1. The second kappa shape index (κ2) is 6.96. The third-order valence-corrected chi connectivity index (χ3v) is 2.91. The lowest BCUT2D eigenvalue weighted by Crippen LogP contribution is -2.35. The van der Waals surface area contributed by atoms with Gasteiger partial charge in [-0.3, -0.25) is 4.79 Å². The van der Waals surface area contributed by atoms with Crippen LogP contribution in [0, 0.1) is 5.82 Å². The number of halogens is 1. The van der Waals surface area contributed by atoms with Crippen LogP contribution in [0.15, 0.2) is 18.2 Å². The monoisotopic (exact) mass is 253 g/mol. The summed E-state index contributed by atoms with van der Waals surface area (Å²) in [6.45, 7) is 7.30. The molecule has 0 saturated heterocycles. The van der Waals surface area contributed by atoms with Gasteiger partial charge in [0.15, 0.2) is 0 Å². The average Bonchev–Trinajstić information content (AvgIpc) is 2.37. The van der Waals surface area contributed by atoms with Crippen molar-refractivity contribution in [2.24, 2.45) is 0 Å². The lowest BCUT2D eigenvalue weighted by atomic mass is 10.1. The molecule has 3 N–H and O–H groups in total. The second-order valence-corrected chi connectivity index (χ2v) is 3.98. The second-order valence-electron chi connectivity index (χ2n) is 3.98. The molecule has 0 radical (unpaired) electrons. The summed E-state index contributed by atoms with van der Waals surface area (Å²) in [6.07, 6.45) is 0. The molecule has 1 amide bonds. The molecule has 0 aliphatic heterocycles. The van der Waals surface area contributed by atoms with Gasteiger partial charge in [0, 0.05) is 13.1 Å². The van der Waals surface area contributed by atoms with Gasteiger partial charge in [-0.15, -0.1) is 0 Å². The molecule has 0 aromatic heterocycles. The van der Waals surface area contributed by atoms with Crippen molar-refractivity contribution in [2.45, 2.75) is 13.8 Å². The van der Waals surface area contributed by atoms with Gasteiger partial charge in [0.2, 0.25) is 0 Å². The Morgan fingerprint density at radius 1 is 1.39 bits per heavy atom. The van der Waals surface area contributed by atoms with Crippen LogP contribution in [0.5, 0.6) is 0 Å². The molecule has 0 aliphatic rings. The summed E-state index contributed by atoms with van der Waals surface area (Å²) in [7, 11) is 0. The number of hydrogen-bond acceptors (Lipinski definition) is 3. The summed E-state index contributed by atoms with van der Waals surface area (Å²) in [4.78, 5) is 14.0. The molecule has 18 heavy (non-hydrogen) atoms. The van der Waals surface area contributed by atoms with Crippen molar-refractivity contribution in [3.63, 3.8) is 0 Å². The van der Waals surface area contributed by atoms with E-state index in [1.54, 1.807) is 0 Å². The van der Waals surface area contributed by atoms with Crippen LogP contribution in [0.3, 0.4) is 0 Å². The molecule has 4 nitrogen and oxygen atoms in total. The molecule has 1 aromatic rings. The number of nitrogens with two attached hydrogens (primary N) is 1. The highest BCUT2D eigenvalue weighted by Gasteiger charge is 2.12. The Labute approximate surface area is 107 Å². The molecule has 100 valence electrons. The number of nitrogen functional groups attached to an aromatic ring is 1. The van der Waals surface area contributed by atoms with Crippen LogP contribution in [0.1, 0.15) is 24.2 Å². The van der Waals surface area contributed by atoms with Crippen molar-refractivity contribution in [1.29, 1.82) is 0 Å². The predicted molar refractivity (Wildman–Crippen MR) is 70.9 cm³/mol. The van der Waals surface area contributed by atoms with Gasteiger partial charge in [-0.1, -0.05) is 19.9 Å². The normalized spacial score (nSPS) is 10.7. The Hall–Kier alpha value is -1.62. The quantitative estimate of drug-likeness (QED) is 0.755. The standard InChI is InChI=1S/C13H20FN3O/c1-3-17(4-2)9-8-16-13(18)10-6-5-7-11(14)12(10)15/h5-7H,3-4,8-9,15H2,1-2H3,(H,16,18). The van der Waals surface area contributed by atoms with Crippen LogP contribution in [0.2, 0.25) is 0 Å². The third-order valence-electron chi connectivity index (χ3n) is 2.91. The maximum atomic E-state index is 13.2. The maximum Gasteiger partial charge on any atom is 0.253 e. The van der Waals surface area contributed by atoms with E-state index in [1.807, 2.05) is 0 Å². The largest absolute Gasteiger partial charge is 0.396 e. The molecule has 0 saturated carbocycles. The smallest absolute Gasteiger partial charge is 0.253 e. The number of benzene rings is 1. The Bertz CT molecular complexity index is 405. The highest BCUT2D eigenvalue weighted by atomic mass is 19.1. The fourth-order valence-corrected chi connectivity index (χ4v) is 1.70. The SMILES string of the molecule is CCN(CC)CCNC(=O)c1cccc(F)c1N. The first-order chi connectivity index (χ1) is 8.60. The van der Waals surface area contributed by atoms with Gasteiger partial charge < -0.3 is 16.0 Å².